The van der Waals surface area contributed by atoms with Gasteiger partial charge in [-0.1, -0.05) is 30.8 Å². The van der Waals surface area contributed by atoms with E-state index in [1.165, 1.54) is 10.9 Å². The molecule has 2 rings (SSSR count). The Balaban J connectivity index is 0.000000171. The quantitative estimate of drug-likeness (QED) is 0.675. The average molecular weight is 178 g/mol. The molecule has 0 saturated heterocycles. The number of aromatic nitrogens is 1. The maximum absolute atomic E-state index is 5.03. The topological polar surface area (TPSA) is 15.8 Å². The second-order valence-corrected chi connectivity index (χ2v) is 2.88. The van der Waals surface area contributed by atoms with Gasteiger partial charge in [0, 0.05) is 19.5 Å². The van der Waals surface area contributed by atoms with Crippen LogP contribution in [-0.4, -0.2) is 27.7 Å². The zero-order valence-corrected chi connectivity index (χ0v) is 8.11. The number of fused-ring (bicyclic) bond motifs is 1. The molecule has 1 aromatic carbocycles. The summed E-state index contributed by atoms with van der Waals surface area (Å²) in [6.45, 7) is 0. The zero-order chi connectivity index (χ0) is 10.2. The lowest BCUT2D eigenvalue weighted by atomic mass is 9.52. The van der Waals surface area contributed by atoms with Gasteiger partial charge < -0.3 is 4.98 Å². The van der Waals surface area contributed by atoms with Crippen LogP contribution < -0.4 is 0 Å². The molecule has 0 aliphatic carbocycles. The Labute approximate surface area is 88.3 Å². The molecule has 0 spiro atoms. The highest BCUT2D eigenvalue weighted by molar-refractivity contribution is 6.89. The molecular formula is C10H11B3N. The lowest BCUT2D eigenvalue weighted by Crippen LogP contribution is -1.83. The van der Waals surface area contributed by atoms with Crippen molar-refractivity contribution in [3.63, 3.8) is 0 Å². The van der Waals surface area contributed by atoms with Crippen LogP contribution in [0.4, 0.5) is 0 Å². The van der Waals surface area contributed by atoms with E-state index in [9.17, 15) is 0 Å². The number of hydrogen-bond acceptors (Lipinski definition) is 0. The lowest BCUT2D eigenvalue weighted by molar-refractivity contribution is 1.45. The number of benzene rings is 1. The van der Waals surface area contributed by atoms with Crippen LogP contribution in [0, 0.1) is 0 Å². The van der Waals surface area contributed by atoms with Gasteiger partial charge in [-0.15, -0.1) is 0 Å². The van der Waals surface area contributed by atoms with Gasteiger partial charge in [0.1, 0.15) is 0 Å². The number of H-pyrrole nitrogens is 1. The first-order valence-corrected chi connectivity index (χ1v) is 4.64. The van der Waals surface area contributed by atoms with Crippen molar-refractivity contribution in [1.82, 2.24) is 4.98 Å². The van der Waals surface area contributed by atoms with Gasteiger partial charge in [-0.2, -0.15) is 0 Å². The molecule has 0 saturated carbocycles. The van der Waals surface area contributed by atoms with Crippen LogP contribution in [0.2, 0.25) is 12.6 Å². The molecule has 0 bridgehead atoms. The normalized spacial score (nSPS) is 9.14. The molecule has 1 aromatic heterocycles. The van der Waals surface area contributed by atoms with Crippen LogP contribution in [0.5, 0.6) is 0 Å². The van der Waals surface area contributed by atoms with Gasteiger partial charge in [-0.3, -0.25) is 0 Å². The Morgan fingerprint density at radius 3 is 2.57 bits per heavy atom. The minimum Gasteiger partial charge on any atom is -0.361 e. The van der Waals surface area contributed by atoms with E-state index in [1.807, 2.05) is 18.3 Å². The molecule has 2 aromatic rings. The van der Waals surface area contributed by atoms with Crippen LogP contribution in [0.3, 0.4) is 0 Å². The number of hydrogen-bond donors (Lipinski definition) is 1. The fraction of sp³-hybridized carbons (Fsp3) is 0.200. The van der Waals surface area contributed by atoms with E-state index in [4.69, 9.17) is 15.6 Å². The maximum atomic E-state index is 5.03. The minimum absolute atomic E-state index is 0.663. The minimum atomic E-state index is 0.663. The second kappa shape index (κ2) is 6.41. The first kappa shape index (κ1) is 11.0. The molecule has 4 heteroatoms. The molecule has 1 N–H and O–H groups in total. The lowest BCUT2D eigenvalue weighted by Gasteiger charge is -1.83. The van der Waals surface area contributed by atoms with E-state index in [0.717, 1.165) is 6.32 Å². The van der Waals surface area contributed by atoms with Crippen LogP contribution in [0.1, 0.15) is 0 Å². The van der Waals surface area contributed by atoms with Gasteiger partial charge in [0.15, 0.2) is 0 Å². The van der Waals surface area contributed by atoms with E-state index in [1.54, 1.807) is 7.17 Å². The Bertz CT molecular complexity index is 327. The third kappa shape index (κ3) is 3.37. The number of nitrogens with one attached hydrogen (secondary N) is 1. The van der Waals surface area contributed by atoms with Crippen LogP contribution in [-0.2, 0) is 0 Å². The van der Waals surface area contributed by atoms with Crippen molar-refractivity contribution >= 4 is 33.7 Å². The smallest absolute Gasteiger partial charge is 0.0643 e. The zero-order valence-electron chi connectivity index (χ0n) is 8.11. The summed E-state index contributed by atoms with van der Waals surface area (Å²) in [7, 11) is 11.5. The fourth-order valence-corrected chi connectivity index (χ4v) is 1.09. The highest BCUT2D eigenvalue weighted by Gasteiger charge is 1.86. The second-order valence-electron chi connectivity index (χ2n) is 2.88. The molecule has 5 radical (unpaired) electrons. The summed E-state index contributed by atoms with van der Waals surface area (Å²) in [6, 6.07) is 10.3. The Morgan fingerprint density at radius 2 is 2.00 bits per heavy atom. The van der Waals surface area contributed by atoms with Gasteiger partial charge in [0.25, 0.3) is 0 Å². The molecule has 65 valence electrons. The SMILES string of the molecule is [B][B]CC[B].c1ccc2[nH]ccc2c1. The van der Waals surface area contributed by atoms with Crippen molar-refractivity contribution in [2.24, 2.45) is 0 Å². The summed E-state index contributed by atoms with van der Waals surface area (Å²) in [4.78, 5) is 3.12. The molecule has 1 nitrogen and oxygen atoms in total. The van der Waals surface area contributed by atoms with Gasteiger partial charge in [0.2, 0.25) is 0 Å². The first-order chi connectivity index (χ1) is 6.88. The molecule has 0 aliphatic rings. The third-order valence-corrected chi connectivity index (χ3v) is 1.80. The molecule has 0 unspecified atom stereocenters. The number of rotatable bonds is 2. The van der Waals surface area contributed by atoms with Crippen molar-refractivity contribution in [3.8, 4) is 0 Å². The highest BCUT2D eigenvalue weighted by atomic mass is 14.6. The number of aromatic amines is 1. The summed E-state index contributed by atoms with van der Waals surface area (Å²) >= 11 is 0. The van der Waals surface area contributed by atoms with Crippen molar-refractivity contribution in [1.29, 1.82) is 0 Å². The molecule has 0 aliphatic heterocycles. The summed E-state index contributed by atoms with van der Waals surface area (Å²) in [5.74, 6) is 0. The fourth-order valence-electron chi connectivity index (χ4n) is 1.09. The molecule has 14 heavy (non-hydrogen) atoms. The predicted molar refractivity (Wildman–Crippen MR) is 65.2 cm³/mol. The molecule has 0 amide bonds. The van der Waals surface area contributed by atoms with E-state index in [0.29, 0.717) is 6.32 Å². The standard InChI is InChI=1S/C8H7N.C2H4B3/c1-2-4-8-7(3-1)5-6-9-8;3-1-2-5-4/h1-6,9H;1-2H2. The number of para-hydroxylation sites is 1. The van der Waals surface area contributed by atoms with Crippen molar-refractivity contribution in [2.45, 2.75) is 12.6 Å². The largest absolute Gasteiger partial charge is 0.361 e. The van der Waals surface area contributed by atoms with Gasteiger partial charge in [-0.05, 0) is 17.5 Å². The van der Waals surface area contributed by atoms with E-state index >= 15 is 0 Å². The Kier molecular flexibility index (Phi) is 5.05. The first-order valence-electron chi connectivity index (χ1n) is 4.64. The Morgan fingerprint density at radius 1 is 1.21 bits per heavy atom. The monoisotopic (exact) mass is 178 g/mol. The third-order valence-electron chi connectivity index (χ3n) is 1.80. The summed E-state index contributed by atoms with van der Waals surface area (Å²) < 4.78 is 0. The van der Waals surface area contributed by atoms with Crippen LogP contribution in [0.25, 0.3) is 10.9 Å². The van der Waals surface area contributed by atoms with Gasteiger partial charge in [-0.25, -0.2) is 0 Å². The summed E-state index contributed by atoms with van der Waals surface area (Å²) in [5, 5.41) is 1.28. The summed E-state index contributed by atoms with van der Waals surface area (Å²) in [5.41, 5.74) is 1.21. The van der Waals surface area contributed by atoms with E-state index < -0.39 is 0 Å². The van der Waals surface area contributed by atoms with Crippen molar-refractivity contribution < 1.29 is 0 Å². The predicted octanol–water partition coefficient (Wildman–Crippen LogP) is 1.95. The molecule has 0 atom stereocenters. The van der Waals surface area contributed by atoms with Crippen LogP contribution >= 0.6 is 0 Å². The molecular weight excluding hydrogens is 167 g/mol. The average Bonchev–Trinajstić information content (AvgIpc) is 2.67. The summed E-state index contributed by atoms with van der Waals surface area (Å²) in [6.07, 6.45) is 3.43. The Hall–Kier alpha value is -1.05. The van der Waals surface area contributed by atoms with Gasteiger partial charge >= 0.3 is 0 Å². The maximum Gasteiger partial charge on any atom is 0.0643 e. The van der Waals surface area contributed by atoms with Crippen molar-refractivity contribution in [3.05, 3.63) is 36.5 Å². The van der Waals surface area contributed by atoms with E-state index in [-0.39, 0.29) is 0 Å². The highest BCUT2D eigenvalue weighted by Crippen LogP contribution is 2.09. The van der Waals surface area contributed by atoms with Crippen LogP contribution in [0.15, 0.2) is 36.5 Å². The van der Waals surface area contributed by atoms with Gasteiger partial charge in [0.05, 0.1) is 15.0 Å². The molecule has 0 fully saturated rings. The van der Waals surface area contributed by atoms with Crippen molar-refractivity contribution in [2.75, 3.05) is 0 Å². The van der Waals surface area contributed by atoms with E-state index in [2.05, 4.69) is 23.2 Å². The molecule has 1 heterocycles.